The van der Waals surface area contributed by atoms with Crippen molar-refractivity contribution in [1.82, 2.24) is 10.6 Å². The van der Waals surface area contributed by atoms with Crippen LogP contribution < -0.4 is 20.1 Å². The quantitative estimate of drug-likeness (QED) is 0.408. The Morgan fingerprint density at radius 3 is 2.48 bits per heavy atom. The number of nitrogens with zero attached hydrogens (tertiary/aromatic N) is 1. The van der Waals surface area contributed by atoms with Crippen LogP contribution in [0.25, 0.3) is 0 Å². The molecule has 1 aromatic carbocycles. The summed E-state index contributed by atoms with van der Waals surface area (Å²) in [5.41, 5.74) is 1.75. The van der Waals surface area contributed by atoms with Crippen molar-refractivity contribution in [1.29, 1.82) is 0 Å². The van der Waals surface area contributed by atoms with E-state index >= 15 is 0 Å². The summed E-state index contributed by atoms with van der Waals surface area (Å²) >= 11 is 0. The van der Waals surface area contributed by atoms with E-state index in [-0.39, 0.29) is 0 Å². The fourth-order valence-electron chi connectivity index (χ4n) is 3.36. The number of benzene rings is 1. The van der Waals surface area contributed by atoms with Crippen LogP contribution in [0.15, 0.2) is 23.2 Å². The monoisotopic (exact) mass is 347 g/mol. The molecule has 1 saturated carbocycles. The minimum atomic E-state index is 0.497. The summed E-state index contributed by atoms with van der Waals surface area (Å²) in [7, 11) is 5.17. The summed E-state index contributed by atoms with van der Waals surface area (Å²) in [4.78, 5) is 4.34. The van der Waals surface area contributed by atoms with Gasteiger partial charge < -0.3 is 20.1 Å². The van der Waals surface area contributed by atoms with Crippen molar-refractivity contribution < 1.29 is 9.47 Å². The lowest BCUT2D eigenvalue weighted by Crippen LogP contribution is -2.46. The fraction of sp³-hybridized carbons (Fsp3) is 0.650. The van der Waals surface area contributed by atoms with Gasteiger partial charge in [0, 0.05) is 20.1 Å². The zero-order chi connectivity index (χ0) is 18.1. The molecule has 0 saturated heterocycles. The molecule has 2 N–H and O–H groups in total. The number of methoxy groups -OCH3 is 2. The molecule has 140 valence electrons. The summed E-state index contributed by atoms with van der Waals surface area (Å²) in [6.45, 7) is 4.21. The normalized spacial score (nSPS) is 16.1. The highest BCUT2D eigenvalue weighted by Gasteiger charge is 2.34. The van der Waals surface area contributed by atoms with Crippen molar-refractivity contribution >= 4 is 5.96 Å². The summed E-state index contributed by atoms with van der Waals surface area (Å²) in [5.74, 6) is 2.47. The summed E-state index contributed by atoms with van der Waals surface area (Å²) < 4.78 is 10.6. The van der Waals surface area contributed by atoms with Crippen molar-refractivity contribution in [2.45, 2.75) is 45.4 Å². The third-order valence-electron chi connectivity index (χ3n) is 5.40. The third kappa shape index (κ3) is 5.28. The molecule has 0 amide bonds. The van der Waals surface area contributed by atoms with E-state index < -0.39 is 0 Å². The Labute approximate surface area is 152 Å². The zero-order valence-corrected chi connectivity index (χ0v) is 16.2. The van der Waals surface area contributed by atoms with Gasteiger partial charge in [0.15, 0.2) is 17.5 Å². The number of aliphatic imine (C=N–C) groups is 1. The van der Waals surface area contributed by atoms with Crippen LogP contribution in [0.4, 0.5) is 0 Å². The van der Waals surface area contributed by atoms with Gasteiger partial charge in [-0.25, -0.2) is 0 Å². The highest BCUT2D eigenvalue weighted by molar-refractivity contribution is 5.79. The Bertz CT molecular complexity index is 563. The van der Waals surface area contributed by atoms with Gasteiger partial charge in [0.1, 0.15) is 0 Å². The Hall–Kier alpha value is -1.91. The highest BCUT2D eigenvalue weighted by atomic mass is 16.5. The lowest BCUT2D eigenvalue weighted by atomic mass is 9.67. The van der Waals surface area contributed by atoms with Gasteiger partial charge in [-0.1, -0.05) is 19.4 Å². The van der Waals surface area contributed by atoms with E-state index in [0.717, 1.165) is 43.4 Å². The van der Waals surface area contributed by atoms with Crippen LogP contribution in [0.3, 0.4) is 0 Å². The van der Waals surface area contributed by atoms with E-state index in [1.54, 1.807) is 14.2 Å². The maximum atomic E-state index is 5.36. The largest absolute Gasteiger partial charge is 0.493 e. The molecule has 0 spiro atoms. The van der Waals surface area contributed by atoms with Gasteiger partial charge in [-0.2, -0.15) is 0 Å². The molecule has 1 aromatic rings. The Morgan fingerprint density at radius 1 is 1.16 bits per heavy atom. The molecular formula is C20H33N3O2. The average molecular weight is 348 g/mol. The minimum absolute atomic E-state index is 0.497. The Balaban J connectivity index is 1.72. The van der Waals surface area contributed by atoms with Gasteiger partial charge in [-0.3, -0.25) is 4.99 Å². The molecule has 25 heavy (non-hydrogen) atoms. The number of nitrogens with one attached hydrogen (secondary N) is 2. The summed E-state index contributed by atoms with van der Waals surface area (Å²) in [5, 5.41) is 6.92. The molecule has 0 bridgehead atoms. The summed E-state index contributed by atoms with van der Waals surface area (Å²) in [6.07, 6.45) is 7.32. The van der Waals surface area contributed by atoms with Gasteiger partial charge in [0.25, 0.3) is 0 Å². The van der Waals surface area contributed by atoms with Gasteiger partial charge in [-0.15, -0.1) is 0 Å². The first-order valence-corrected chi connectivity index (χ1v) is 9.32. The van der Waals surface area contributed by atoms with Crippen molar-refractivity contribution in [2.24, 2.45) is 10.4 Å². The fourth-order valence-corrected chi connectivity index (χ4v) is 3.36. The maximum Gasteiger partial charge on any atom is 0.190 e. The predicted octanol–water partition coefficient (Wildman–Crippen LogP) is 3.38. The van der Waals surface area contributed by atoms with E-state index in [4.69, 9.17) is 9.47 Å². The van der Waals surface area contributed by atoms with Gasteiger partial charge in [0.05, 0.1) is 14.2 Å². The van der Waals surface area contributed by atoms with Gasteiger partial charge in [0.2, 0.25) is 0 Å². The predicted molar refractivity (Wildman–Crippen MR) is 104 cm³/mol. The standard InChI is InChI=1S/C20H33N3O2/c1-5-20(11-7-12-20)15-23-19(21-2)22-13-6-8-16-9-10-17(24-3)18(14-16)25-4/h9-10,14H,5-8,11-13,15H2,1-4H3,(H2,21,22,23). The number of hydrogen-bond acceptors (Lipinski definition) is 3. The third-order valence-corrected chi connectivity index (χ3v) is 5.40. The molecule has 2 rings (SSSR count). The van der Waals surface area contributed by atoms with Crippen LogP contribution in [0.1, 0.15) is 44.6 Å². The van der Waals surface area contributed by atoms with Gasteiger partial charge >= 0.3 is 0 Å². The number of guanidine groups is 1. The molecule has 0 unspecified atom stereocenters. The molecule has 0 radical (unpaired) electrons. The van der Waals surface area contributed by atoms with E-state index in [2.05, 4.69) is 28.6 Å². The first-order valence-electron chi connectivity index (χ1n) is 9.32. The summed E-state index contributed by atoms with van der Waals surface area (Å²) in [6, 6.07) is 6.11. The minimum Gasteiger partial charge on any atom is -0.493 e. The second kappa shape index (κ2) is 9.54. The molecule has 5 heteroatoms. The first-order chi connectivity index (χ1) is 12.2. The second-order valence-electron chi connectivity index (χ2n) is 6.85. The molecule has 5 nitrogen and oxygen atoms in total. The Morgan fingerprint density at radius 2 is 1.92 bits per heavy atom. The first kappa shape index (κ1) is 19.4. The molecular weight excluding hydrogens is 314 g/mol. The van der Waals surface area contributed by atoms with E-state index in [1.165, 1.54) is 31.2 Å². The van der Waals surface area contributed by atoms with Crippen molar-refractivity contribution in [2.75, 3.05) is 34.4 Å². The average Bonchev–Trinajstić information content (AvgIpc) is 2.62. The van der Waals surface area contributed by atoms with Crippen LogP contribution in [0.2, 0.25) is 0 Å². The second-order valence-corrected chi connectivity index (χ2v) is 6.85. The van der Waals surface area contributed by atoms with E-state index in [0.29, 0.717) is 5.41 Å². The number of ether oxygens (including phenoxy) is 2. The molecule has 0 aromatic heterocycles. The number of aryl methyl sites for hydroxylation is 1. The van der Waals surface area contributed by atoms with Crippen molar-refractivity contribution in [3.05, 3.63) is 23.8 Å². The lowest BCUT2D eigenvalue weighted by Gasteiger charge is -2.41. The van der Waals surface area contributed by atoms with Gasteiger partial charge in [-0.05, 0) is 55.2 Å². The molecule has 1 aliphatic rings. The van der Waals surface area contributed by atoms with Crippen molar-refractivity contribution in [3.63, 3.8) is 0 Å². The Kier molecular flexibility index (Phi) is 7.41. The van der Waals surface area contributed by atoms with Crippen LogP contribution >= 0.6 is 0 Å². The van der Waals surface area contributed by atoms with Crippen LogP contribution in [0, 0.1) is 5.41 Å². The highest BCUT2D eigenvalue weighted by Crippen LogP contribution is 2.42. The molecule has 0 heterocycles. The molecule has 0 atom stereocenters. The molecule has 0 aliphatic heterocycles. The number of hydrogen-bond donors (Lipinski definition) is 2. The topological polar surface area (TPSA) is 54.9 Å². The van der Waals surface area contributed by atoms with Crippen LogP contribution in [0.5, 0.6) is 11.5 Å². The smallest absolute Gasteiger partial charge is 0.190 e. The molecule has 1 aliphatic carbocycles. The van der Waals surface area contributed by atoms with E-state index in [9.17, 15) is 0 Å². The SMILES string of the molecule is CCC1(CNC(=NC)NCCCc2ccc(OC)c(OC)c2)CCC1. The molecule has 1 fully saturated rings. The van der Waals surface area contributed by atoms with E-state index in [1.807, 2.05) is 19.2 Å². The maximum absolute atomic E-state index is 5.36. The van der Waals surface area contributed by atoms with Crippen LogP contribution in [-0.4, -0.2) is 40.3 Å². The van der Waals surface area contributed by atoms with Crippen molar-refractivity contribution in [3.8, 4) is 11.5 Å². The lowest BCUT2D eigenvalue weighted by molar-refractivity contribution is 0.131. The zero-order valence-electron chi connectivity index (χ0n) is 16.2. The van der Waals surface area contributed by atoms with Crippen LogP contribution in [-0.2, 0) is 6.42 Å². The number of rotatable bonds is 9.